The molecule has 0 fully saturated rings. The lowest BCUT2D eigenvalue weighted by atomic mass is 10.1. The molecule has 5 aromatic rings. The number of fused-ring (bicyclic) bond motifs is 1. The van der Waals surface area contributed by atoms with Crippen molar-refractivity contribution in [1.29, 1.82) is 0 Å². The lowest BCUT2D eigenvalue weighted by Gasteiger charge is -2.22. The molecule has 7 heteroatoms. The highest BCUT2D eigenvalue weighted by atomic mass is 16.2. The summed E-state index contributed by atoms with van der Waals surface area (Å²) >= 11 is 0. The third kappa shape index (κ3) is 4.36. The molecule has 0 N–H and O–H groups in total. The Bertz CT molecular complexity index is 1560. The van der Waals surface area contributed by atoms with E-state index in [1.807, 2.05) is 97.5 Å². The molecule has 0 atom stereocenters. The van der Waals surface area contributed by atoms with Crippen molar-refractivity contribution < 1.29 is 4.79 Å². The van der Waals surface area contributed by atoms with Gasteiger partial charge in [0.15, 0.2) is 0 Å². The molecule has 0 unspecified atom stereocenters. The molecule has 3 aromatic heterocycles. The lowest BCUT2D eigenvalue weighted by Crippen LogP contribution is -2.33. The molecule has 7 nitrogen and oxygen atoms in total. The van der Waals surface area contributed by atoms with E-state index >= 15 is 0 Å². The Morgan fingerprint density at radius 2 is 1.66 bits per heavy atom. The van der Waals surface area contributed by atoms with Crippen molar-refractivity contribution in [1.82, 2.24) is 24.2 Å². The average Bonchev–Trinajstić information content (AvgIpc) is 3.11. The number of rotatable bonds is 6. The Hall–Kier alpha value is -4.52. The van der Waals surface area contributed by atoms with Gasteiger partial charge in [0.25, 0.3) is 11.5 Å². The van der Waals surface area contributed by atoms with Gasteiger partial charge in [-0.1, -0.05) is 42.5 Å². The van der Waals surface area contributed by atoms with Crippen molar-refractivity contribution in [2.24, 2.45) is 7.05 Å². The van der Waals surface area contributed by atoms with Gasteiger partial charge in [0.2, 0.25) is 0 Å². The molecule has 0 aliphatic rings. The summed E-state index contributed by atoms with van der Waals surface area (Å²) in [6.07, 6.45) is 3.29. The minimum atomic E-state index is -0.206. The van der Waals surface area contributed by atoms with E-state index in [-0.39, 0.29) is 24.6 Å². The van der Waals surface area contributed by atoms with E-state index in [9.17, 15) is 9.59 Å². The average molecular weight is 464 g/mol. The normalized spacial score (nSPS) is 11.0. The lowest BCUT2D eigenvalue weighted by molar-refractivity contribution is 0.0727. The second-order valence-electron chi connectivity index (χ2n) is 8.44. The van der Waals surface area contributed by atoms with Crippen LogP contribution in [0, 0.1) is 6.92 Å². The van der Waals surface area contributed by atoms with E-state index in [0.717, 1.165) is 28.0 Å². The van der Waals surface area contributed by atoms with E-state index in [0.29, 0.717) is 11.1 Å². The number of carbonyl (C=O) groups is 1. The third-order valence-corrected chi connectivity index (χ3v) is 6.23. The maximum Gasteiger partial charge on any atom is 0.276 e. The Kier molecular flexibility index (Phi) is 5.97. The standard InChI is InChI=1S/C28H25N5O2/c1-20-25(28(35)33(31(20)2)24-12-4-3-5-13-24)19-32(18-23-11-8-9-15-29-23)27(34)22-16-21-10-6-7-14-26(21)30-17-22/h3-17H,18-19H2,1-2H3. The van der Waals surface area contributed by atoms with Crippen LogP contribution in [0.2, 0.25) is 0 Å². The first-order chi connectivity index (χ1) is 17.0. The highest BCUT2D eigenvalue weighted by Crippen LogP contribution is 2.18. The number of aromatic nitrogens is 4. The fourth-order valence-electron chi connectivity index (χ4n) is 4.25. The number of pyridine rings is 2. The number of hydrogen-bond donors (Lipinski definition) is 0. The van der Waals surface area contributed by atoms with Gasteiger partial charge in [-0.2, -0.15) is 0 Å². The number of nitrogens with zero attached hydrogens (tertiary/aromatic N) is 5. The second-order valence-corrected chi connectivity index (χ2v) is 8.44. The quantitative estimate of drug-likeness (QED) is 0.377. The Morgan fingerprint density at radius 3 is 2.43 bits per heavy atom. The summed E-state index contributed by atoms with van der Waals surface area (Å²) in [6, 6.07) is 24.6. The van der Waals surface area contributed by atoms with E-state index in [4.69, 9.17) is 0 Å². The van der Waals surface area contributed by atoms with E-state index in [2.05, 4.69) is 9.97 Å². The molecular weight excluding hydrogens is 438 g/mol. The molecule has 35 heavy (non-hydrogen) atoms. The van der Waals surface area contributed by atoms with Gasteiger partial charge in [0.05, 0.1) is 41.1 Å². The Balaban J connectivity index is 1.55. The highest BCUT2D eigenvalue weighted by molar-refractivity contribution is 5.97. The largest absolute Gasteiger partial charge is 0.328 e. The van der Waals surface area contributed by atoms with E-state index in [1.165, 1.54) is 0 Å². The van der Waals surface area contributed by atoms with Crippen LogP contribution < -0.4 is 5.56 Å². The molecule has 174 valence electrons. The zero-order valence-corrected chi connectivity index (χ0v) is 19.6. The van der Waals surface area contributed by atoms with Gasteiger partial charge in [-0.05, 0) is 43.3 Å². The van der Waals surface area contributed by atoms with Crippen molar-refractivity contribution in [3.8, 4) is 5.69 Å². The maximum atomic E-state index is 13.7. The Morgan fingerprint density at radius 1 is 0.914 bits per heavy atom. The smallest absolute Gasteiger partial charge is 0.276 e. The SMILES string of the molecule is Cc1c(CN(Cc2ccccn2)C(=O)c2cnc3ccccc3c2)c(=O)n(-c2ccccc2)n1C. The molecule has 0 radical (unpaired) electrons. The predicted molar refractivity (Wildman–Crippen MR) is 135 cm³/mol. The van der Waals surface area contributed by atoms with Crippen LogP contribution in [-0.4, -0.2) is 30.1 Å². The van der Waals surface area contributed by atoms with E-state index < -0.39 is 0 Å². The first kappa shape index (κ1) is 22.3. The van der Waals surface area contributed by atoms with Crippen molar-refractivity contribution in [3.63, 3.8) is 0 Å². The van der Waals surface area contributed by atoms with Crippen LogP contribution in [0.25, 0.3) is 16.6 Å². The number of carbonyl (C=O) groups excluding carboxylic acids is 1. The number of hydrogen-bond acceptors (Lipinski definition) is 4. The molecule has 5 rings (SSSR count). The van der Waals surface area contributed by atoms with Crippen LogP contribution in [0.5, 0.6) is 0 Å². The predicted octanol–water partition coefficient (Wildman–Crippen LogP) is 4.27. The molecule has 0 aliphatic carbocycles. The number of amides is 1. The van der Waals surface area contributed by atoms with Gasteiger partial charge in [-0.3, -0.25) is 24.2 Å². The maximum absolute atomic E-state index is 13.7. The molecule has 0 spiro atoms. The topological polar surface area (TPSA) is 73.0 Å². The number of para-hydroxylation sites is 2. The molecule has 0 aliphatic heterocycles. The molecule has 0 saturated carbocycles. The zero-order valence-electron chi connectivity index (χ0n) is 19.6. The summed E-state index contributed by atoms with van der Waals surface area (Å²) in [7, 11) is 1.85. The second kappa shape index (κ2) is 9.38. The van der Waals surface area contributed by atoms with Crippen molar-refractivity contribution >= 4 is 16.8 Å². The number of benzene rings is 2. The molecule has 2 aromatic carbocycles. The first-order valence-corrected chi connectivity index (χ1v) is 11.4. The van der Waals surface area contributed by atoms with Crippen LogP contribution in [-0.2, 0) is 20.1 Å². The van der Waals surface area contributed by atoms with Crippen LogP contribution in [0.3, 0.4) is 0 Å². The van der Waals surface area contributed by atoms with Crippen LogP contribution in [0.15, 0.2) is 96.1 Å². The fourth-order valence-corrected chi connectivity index (χ4v) is 4.25. The van der Waals surface area contributed by atoms with Crippen LogP contribution in [0.4, 0.5) is 0 Å². The van der Waals surface area contributed by atoms with Gasteiger partial charge in [0, 0.05) is 30.5 Å². The minimum absolute atomic E-state index is 0.147. The third-order valence-electron chi connectivity index (χ3n) is 6.23. The van der Waals surface area contributed by atoms with Crippen LogP contribution >= 0.6 is 0 Å². The first-order valence-electron chi connectivity index (χ1n) is 11.4. The summed E-state index contributed by atoms with van der Waals surface area (Å²) in [6.45, 7) is 2.32. The van der Waals surface area contributed by atoms with Crippen molar-refractivity contribution in [2.75, 3.05) is 0 Å². The Labute approximate surface area is 202 Å². The van der Waals surface area contributed by atoms with Gasteiger partial charge >= 0.3 is 0 Å². The van der Waals surface area contributed by atoms with Gasteiger partial charge in [-0.15, -0.1) is 0 Å². The molecule has 0 saturated heterocycles. The van der Waals surface area contributed by atoms with Gasteiger partial charge in [-0.25, -0.2) is 4.68 Å². The van der Waals surface area contributed by atoms with Gasteiger partial charge < -0.3 is 4.90 Å². The molecule has 1 amide bonds. The van der Waals surface area contributed by atoms with Gasteiger partial charge in [0.1, 0.15) is 0 Å². The fraction of sp³-hybridized carbons (Fsp3) is 0.143. The van der Waals surface area contributed by atoms with Crippen molar-refractivity contribution in [3.05, 3.63) is 124 Å². The summed E-state index contributed by atoms with van der Waals surface area (Å²) in [5, 5.41) is 0.887. The van der Waals surface area contributed by atoms with E-state index in [1.54, 1.807) is 22.0 Å². The molecule has 3 heterocycles. The summed E-state index contributed by atoms with van der Waals surface area (Å²) in [5.41, 5.74) is 4.03. The summed E-state index contributed by atoms with van der Waals surface area (Å²) < 4.78 is 3.46. The molecule has 0 bridgehead atoms. The van der Waals surface area contributed by atoms with Crippen molar-refractivity contribution in [2.45, 2.75) is 20.0 Å². The minimum Gasteiger partial charge on any atom is -0.328 e. The van der Waals surface area contributed by atoms with Crippen LogP contribution in [0.1, 0.15) is 27.3 Å². The monoisotopic (exact) mass is 463 g/mol. The highest BCUT2D eigenvalue weighted by Gasteiger charge is 2.23. The summed E-state index contributed by atoms with van der Waals surface area (Å²) in [5.74, 6) is -0.206. The summed E-state index contributed by atoms with van der Waals surface area (Å²) in [4.78, 5) is 37.8. The zero-order chi connectivity index (χ0) is 24.4. The molecular formula is C28H25N5O2.